The van der Waals surface area contributed by atoms with Crippen LogP contribution in [0.3, 0.4) is 0 Å². The van der Waals surface area contributed by atoms with E-state index in [2.05, 4.69) is 4.90 Å². The van der Waals surface area contributed by atoms with Crippen LogP contribution >= 0.6 is 0 Å². The van der Waals surface area contributed by atoms with Crippen molar-refractivity contribution in [3.05, 3.63) is 30.3 Å². The third kappa shape index (κ3) is 5.82. The van der Waals surface area contributed by atoms with Crippen LogP contribution in [-0.2, 0) is 24.2 Å². The van der Waals surface area contributed by atoms with E-state index in [1.165, 1.54) is 0 Å². The van der Waals surface area contributed by atoms with E-state index in [0.717, 1.165) is 32.2 Å². The number of benzene rings is 1. The van der Waals surface area contributed by atoms with Crippen molar-refractivity contribution < 1.29 is 22.7 Å². The number of rotatable bonds is 7. The minimum atomic E-state index is -3.41. The summed E-state index contributed by atoms with van der Waals surface area (Å²) >= 11 is 0. The van der Waals surface area contributed by atoms with Gasteiger partial charge in [0, 0.05) is 32.1 Å². The van der Waals surface area contributed by atoms with Gasteiger partial charge in [-0.1, -0.05) is 18.2 Å². The van der Waals surface area contributed by atoms with Crippen LogP contribution in [0.1, 0.15) is 39.0 Å². The van der Waals surface area contributed by atoms with E-state index in [1.54, 1.807) is 35.2 Å². The van der Waals surface area contributed by atoms with Gasteiger partial charge in [0.05, 0.1) is 23.2 Å². The molecule has 1 aromatic carbocycles. The number of carbonyl (C=O) groups excluding carboxylic acids is 2. The van der Waals surface area contributed by atoms with Crippen molar-refractivity contribution in [1.29, 1.82) is 0 Å². The first-order valence-corrected chi connectivity index (χ1v) is 12.5. The highest BCUT2D eigenvalue weighted by Gasteiger charge is 2.33. The number of hydrogen-bond donors (Lipinski definition) is 0. The highest BCUT2D eigenvalue weighted by atomic mass is 32.2. The highest BCUT2D eigenvalue weighted by Crippen LogP contribution is 2.25. The Morgan fingerprint density at radius 1 is 1.13 bits per heavy atom. The molecule has 0 N–H and O–H groups in total. The molecule has 0 aliphatic carbocycles. The second-order valence-electron chi connectivity index (χ2n) is 8.08. The second-order valence-corrected chi connectivity index (χ2v) is 10.2. The van der Waals surface area contributed by atoms with E-state index >= 15 is 0 Å². The molecule has 1 aromatic rings. The Morgan fingerprint density at radius 2 is 1.90 bits per heavy atom. The zero-order valence-corrected chi connectivity index (χ0v) is 18.5. The number of nitrogens with zero attached hydrogens (tertiary/aromatic N) is 2. The van der Waals surface area contributed by atoms with Crippen LogP contribution in [0.5, 0.6) is 0 Å². The molecule has 0 aromatic heterocycles. The van der Waals surface area contributed by atoms with Gasteiger partial charge in [-0.05, 0) is 51.3 Å². The number of amides is 1. The molecule has 0 saturated carbocycles. The topological polar surface area (TPSA) is 84.0 Å². The maximum absolute atomic E-state index is 12.6. The summed E-state index contributed by atoms with van der Waals surface area (Å²) in [5.74, 6) is -0.272. The smallest absolute Gasteiger partial charge is 0.310 e. The molecule has 166 valence electrons. The molecule has 0 radical (unpaired) electrons. The fourth-order valence-corrected chi connectivity index (χ4v) is 5.66. The normalized spacial score (nSPS) is 23.8. The van der Waals surface area contributed by atoms with Crippen molar-refractivity contribution in [2.45, 2.75) is 50.0 Å². The fraction of sp³-hybridized carbons (Fsp3) is 0.636. The van der Waals surface area contributed by atoms with Gasteiger partial charge in [0.15, 0.2) is 9.84 Å². The number of carbonyl (C=O) groups is 2. The van der Waals surface area contributed by atoms with Gasteiger partial charge in [-0.15, -0.1) is 0 Å². The molecule has 2 saturated heterocycles. The summed E-state index contributed by atoms with van der Waals surface area (Å²) in [7, 11) is -3.41. The van der Waals surface area contributed by atoms with Crippen molar-refractivity contribution >= 4 is 21.7 Å². The Balaban J connectivity index is 1.55. The molecule has 8 heteroatoms. The standard InChI is InChI=1S/C22H32N2O5S/c1-2-29-22(26)18-7-6-13-24(17-18)19-10-11-21(25)23(14-12-19)15-16-30(27,28)20-8-4-3-5-9-20/h3-5,8-9,18-19H,2,6-7,10-17H2,1H3/t18-,19+/m1/s1. The van der Waals surface area contributed by atoms with E-state index in [1.807, 2.05) is 6.92 Å². The molecule has 2 aliphatic heterocycles. The summed E-state index contributed by atoms with van der Waals surface area (Å²) in [6.07, 6.45) is 3.76. The molecule has 3 rings (SSSR count). The van der Waals surface area contributed by atoms with Crippen LogP contribution in [0.2, 0.25) is 0 Å². The van der Waals surface area contributed by atoms with E-state index in [0.29, 0.717) is 31.0 Å². The zero-order chi connectivity index (χ0) is 21.6. The Kier molecular flexibility index (Phi) is 7.88. The quantitative estimate of drug-likeness (QED) is 0.609. The van der Waals surface area contributed by atoms with Gasteiger partial charge in [-0.2, -0.15) is 0 Å². The third-order valence-corrected chi connectivity index (χ3v) is 7.81. The molecule has 2 aliphatic rings. The van der Waals surface area contributed by atoms with Crippen LogP contribution in [0.25, 0.3) is 0 Å². The predicted molar refractivity (Wildman–Crippen MR) is 114 cm³/mol. The van der Waals surface area contributed by atoms with E-state index in [4.69, 9.17) is 4.74 Å². The van der Waals surface area contributed by atoms with Crippen LogP contribution < -0.4 is 0 Å². The summed E-state index contributed by atoms with van der Waals surface area (Å²) in [5.41, 5.74) is 0. The average Bonchev–Trinajstić information content (AvgIpc) is 2.95. The Morgan fingerprint density at radius 3 is 2.63 bits per heavy atom. The fourth-order valence-electron chi connectivity index (χ4n) is 4.39. The molecule has 0 bridgehead atoms. The minimum Gasteiger partial charge on any atom is -0.466 e. The van der Waals surface area contributed by atoms with Crippen molar-refractivity contribution in [1.82, 2.24) is 9.80 Å². The van der Waals surface area contributed by atoms with Gasteiger partial charge in [0.25, 0.3) is 0 Å². The number of ether oxygens (including phenoxy) is 1. The molecular formula is C22H32N2O5S. The maximum atomic E-state index is 12.6. The average molecular weight is 437 g/mol. The molecule has 2 atom stereocenters. The van der Waals surface area contributed by atoms with Crippen molar-refractivity contribution in [2.75, 3.05) is 38.5 Å². The first-order valence-electron chi connectivity index (χ1n) is 10.9. The SMILES string of the molecule is CCOC(=O)[C@@H]1CCCN([C@H]2CCC(=O)N(CCS(=O)(=O)c3ccccc3)CC2)C1. The summed E-state index contributed by atoms with van der Waals surface area (Å²) in [5, 5.41) is 0. The lowest BCUT2D eigenvalue weighted by molar-refractivity contribution is -0.150. The number of sulfone groups is 1. The molecule has 30 heavy (non-hydrogen) atoms. The number of piperidine rings is 1. The van der Waals surface area contributed by atoms with Crippen LogP contribution in [0.4, 0.5) is 0 Å². The molecular weight excluding hydrogens is 404 g/mol. The second kappa shape index (κ2) is 10.4. The molecule has 2 heterocycles. The van der Waals surface area contributed by atoms with E-state index < -0.39 is 9.84 Å². The number of esters is 1. The van der Waals surface area contributed by atoms with Gasteiger partial charge >= 0.3 is 5.97 Å². The van der Waals surface area contributed by atoms with Crippen LogP contribution in [0, 0.1) is 5.92 Å². The molecule has 0 unspecified atom stereocenters. The number of hydrogen-bond acceptors (Lipinski definition) is 6. The van der Waals surface area contributed by atoms with Gasteiger partial charge in [0.1, 0.15) is 0 Å². The summed E-state index contributed by atoms with van der Waals surface area (Å²) in [6.45, 7) is 4.59. The Bertz CT molecular complexity index is 827. The lowest BCUT2D eigenvalue weighted by atomic mass is 9.95. The van der Waals surface area contributed by atoms with Crippen molar-refractivity contribution in [3.63, 3.8) is 0 Å². The summed E-state index contributed by atoms with van der Waals surface area (Å²) in [6, 6.07) is 8.61. The third-order valence-electron chi connectivity index (χ3n) is 6.10. The van der Waals surface area contributed by atoms with Gasteiger partial charge < -0.3 is 9.64 Å². The van der Waals surface area contributed by atoms with E-state index in [9.17, 15) is 18.0 Å². The zero-order valence-electron chi connectivity index (χ0n) is 17.7. The molecule has 1 amide bonds. The predicted octanol–water partition coefficient (Wildman–Crippen LogP) is 2.12. The minimum absolute atomic E-state index is 0.0136. The van der Waals surface area contributed by atoms with Gasteiger partial charge in [0.2, 0.25) is 5.91 Å². The largest absolute Gasteiger partial charge is 0.466 e. The van der Waals surface area contributed by atoms with Crippen LogP contribution in [0.15, 0.2) is 35.2 Å². The molecule has 7 nitrogen and oxygen atoms in total. The summed E-state index contributed by atoms with van der Waals surface area (Å²) in [4.78, 5) is 29.0. The van der Waals surface area contributed by atoms with Crippen molar-refractivity contribution in [3.8, 4) is 0 Å². The monoisotopic (exact) mass is 436 g/mol. The first kappa shape index (κ1) is 22.7. The Labute approximate surface area is 179 Å². The van der Waals surface area contributed by atoms with Crippen molar-refractivity contribution in [2.24, 2.45) is 5.92 Å². The highest BCUT2D eigenvalue weighted by molar-refractivity contribution is 7.91. The number of likely N-dealkylation sites (tertiary alicyclic amines) is 2. The molecule has 2 fully saturated rings. The van der Waals surface area contributed by atoms with Crippen LogP contribution in [-0.4, -0.2) is 74.7 Å². The lowest BCUT2D eigenvalue weighted by Crippen LogP contribution is -2.45. The van der Waals surface area contributed by atoms with Gasteiger partial charge in [-0.3, -0.25) is 14.5 Å². The lowest BCUT2D eigenvalue weighted by Gasteiger charge is -2.37. The maximum Gasteiger partial charge on any atom is 0.310 e. The van der Waals surface area contributed by atoms with Gasteiger partial charge in [-0.25, -0.2) is 8.42 Å². The van der Waals surface area contributed by atoms with E-state index in [-0.39, 0.29) is 36.1 Å². The molecule has 0 spiro atoms. The Hall–Kier alpha value is -1.93. The summed E-state index contributed by atoms with van der Waals surface area (Å²) < 4.78 is 30.3. The first-order chi connectivity index (χ1) is 14.4.